The lowest BCUT2D eigenvalue weighted by atomic mass is 9.92. The monoisotopic (exact) mass is 327 g/mol. The lowest BCUT2D eigenvalue weighted by Crippen LogP contribution is -2.52. The second-order valence-electron chi connectivity index (χ2n) is 6.61. The van der Waals surface area contributed by atoms with Gasteiger partial charge in [-0.15, -0.1) is 0 Å². The number of halogens is 1. The molecule has 1 aliphatic heterocycles. The highest BCUT2D eigenvalue weighted by molar-refractivity contribution is 5.94. The predicted octanol–water partition coefficient (Wildman–Crippen LogP) is 0.0689. The fourth-order valence-corrected chi connectivity index (χ4v) is 2.08. The molecule has 1 rings (SSSR count). The summed E-state index contributed by atoms with van der Waals surface area (Å²) in [5, 5.41) is 8.93. The Labute approximate surface area is 137 Å². The van der Waals surface area contributed by atoms with Crippen molar-refractivity contribution in [3.63, 3.8) is 0 Å². The van der Waals surface area contributed by atoms with E-state index in [9.17, 15) is 14.0 Å². The Kier molecular flexibility index (Phi) is 6.14. The van der Waals surface area contributed by atoms with Crippen LogP contribution in [-0.4, -0.2) is 83.8 Å². The van der Waals surface area contributed by atoms with E-state index in [1.165, 1.54) is 11.9 Å². The van der Waals surface area contributed by atoms with E-state index >= 15 is 0 Å². The molecular formula is C16H26FN3O3. The SMILES string of the molecule is CN(CO)C(=O)C1(F)CCN(C(=O)C#CC(C)(C)N(C)C)CC1. The number of carbonyl (C=O) groups is 2. The molecule has 2 amide bonds. The van der Waals surface area contributed by atoms with Crippen LogP contribution in [0, 0.1) is 11.8 Å². The van der Waals surface area contributed by atoms with Gasteiger partial charge < -0.3 is 14.9 Å². The fourth-order valence-electron chi connectivity index (χ4n) is 2.08. The Hall–Kier alpha value is -1.65. The maximum absolute atomic E-state index is 14.6. The van der Waals surface area contributed by atoms with Crippen LogP contribution in [0.15, 0.2) is 0 Å². The summed E-state index contributed by atoms with van der Waals surface area (Å²) in [4.78, 5) is 28.3. The molecule has 1 fully saturated rings. The van der Waals surface area contributed by atoms with Gasteiger partial charge >= 0.3 is 0 Å². The largest absolute Gasteiger partial charge is 0.376 e. The number of likely N-dealkylation sites (tertiary alicyclic amines) is 1. The summed E-state index contributed by atoms with van der Waals surface area (Å²) in [5.74, 6) is 4.41. The number of alkyl halides is 1. The number of aliphatic hydroxyl groups excluding tert-OH is 1. The molecule has 0 aromatic rings. The molecule has 0 aromatic carbocycles. The third-order valence-corrected chi connectivity index (χ3v) is 4.38. The first-order valence-corrected chi connectivity index (χ1v) is 7.58. The van der Waals surface area contributed by atoms with E-state index < -0.39 is 23.8 Å². The normalized spacial score (nSPS) is 17.5. The van der Waals surface area contributed by atoms with Gasteiger partial charge in [0.05, 0.1) is 5.54 Å². The molecule has 23 heavy (non-hydrogen) atoms. The maximum atomic E-state index is 14.6. The maximum Gasteiger partial charge on any atom is 0.298 e. The van der Waals surface area contributed by atoms with Crippen LogP contribution in [0.1, 0.15) is 26.7 Å². The van der Waals surface area contributed by atoms with Crippen LogP contribution in [0.25, 0.3) is 0 Å². The molecule has 1 heterocycles. The van der Waals surface area contributed by atoms with Crippen LogP contribution in [0.5, 0.6) is 0 Å². The Morgan fingerprint density at radius 3 is 2.22 bits per heavy atom. The number of hydrogen-bond donors (Lipinski definition) is 1. The summed E-state index contributed by atoms with van der Waals surface area (Å²) >= 11 is 0. The van der Waals surface area contributed by atoms with E-state index in [0.29, 0.717) is 0 Å². The number of aliphatic hydroxyl groups is 1. The van der Waals surface area contributed by atoms with Gasteiger partial charge in [-0.2, -0.15) is 0 Å². The molecule has 0 atom stereocenters. The highest BCUT2D eigenvalue weighted by atomic mass is 19.1. The summed E-state index contributed by atoms with van der Waals surface area (Å²) in [5.41, 5.74) is -2.46. The average molecular weight is 327 g/mol. The van der Waals surface area contributed by atoms with E-state index in [1.807, 2.05) is 32.8 Å². The fraction of sp³-hybridized carbons (Fsp3) is 0.750. The van der Waals surface area contributed by atoms with Crippen molar-refractivity contribution >= 4 is 11.8 Å². The Morgan fingerprint density at radius 1 is 1.26 bits per heavy atom. The Balaban J connectivity index is 2.68. The first-order chi connectivity index (χ1) is 10.5. The molecule has 1 N–H and O–H groups in total. The van der Waals surface area contributed by atoms with Gasteiger partial charge in [-0.1, -0.05) is 5.92 Å². The van der Waals surface area contributed by atoms with Gasteiger partial charge in [0.15, 0.2) is 5.67 Å². The molecule has 0 aliphatic carbocycles. The quantitative estimate of drug-likeness (QED) is 0.588. The highest BCUT2D eigenvalue weighted by Crippen LogP contribution is 2.28. The highest BCUT2D eigenvalue weighted by Gasteiger charge is 2.44. The van der Waals surface area contributed by atoms with Gasteiger partial charge in [0.2, 0.25) is 0 Å². The van der Waals surface area contributed by atoms with Gasteiger partial charge in [-0.05, 0) is 33.9 Å². The van der Waals surface area contributed by atoms with E-state index in [-0.39, 0.29) is 31.8 Å². The van der Waals surface area contributed by atoms with E-state index in [0.717, 1.165) is 4.90 Å². The summed E-state index contributed by atoms with van der Waals surface area (Å²) in [6.45, 7) is 3.55. The van der Waals surface area contributed by atoms with Gasteiger partial charge in [-0.25, -0.2) is 4.39 Å². The average Bonchev–Trinajstić information content (AvgIpc) is 2.51. The van der Waals surface area contributed by atoms with Crippen LogP contribution in [0.3, 0.4) is 0 Å². The molecule has 1 saturated heterocycles. The molecule has 6 nitrogen and oxygen atoms in total. The molecule has 0 aromatic heterocycles. The van der Waals surface area contributed by atoms with Crippen molar-refractivity contribution in [3.8, 4) is 11.8 Å². The minimum Gasteiger partial charge on any atom is -0.376 e. The zero-order chi connectivity index (χ0) is 17.8. The zero-order valence-corrected chi connectivity index (χ0v) is 14.5. The zero-order valence-electron chi connectivity index (χ0n) is 14.5. The molecule has 130 valence electrons. The third kappa shape index (κ3) is 4.66. The standard InChI is InChI=1S/C16H26FN3O3/c1-15(2,18(3)4)7-6-13(22)20-10-8-16(17,9-11-20)14(23)19(5)12-21/h21H,8-12H2,1-5H3. The minimum atomic E-state index is -2.02. The van der Waals surface area contributed by atoms with Crippen LogP contribution in [-0.2, 0) is 9.59 Å². The number of piperidine rings is 1. The van der Waals surface area contributed by atoms with Gasteiger partial charge in [0.25, 0.3) is 11.8 Å². The summed E-state index contributed by atoms with van der Waals surface area (Å²) in [6, 6.07) is 0. The molecule has 0 bridgehead atoms. The molecular weight excluding hydrogens is 301 g/mol. The smallest absolute Gasteiger partial charge is 0.298 e. The number of hydrogen-bond acceptors (Lipinski definition) is 4. The summed E-state index contributed by atoms with van der Waals surface area (Å²) in [7, 11) is 5.09. The second-order valence-corrected chi connectivity index (χ2v) is 6.61. The van der Waals surface area contributed by atoms with E-state index in [4.69, 9.17) is 5.11 Å². The number of carbonyl (C=O) groups excluding carboxylic acids is 2. The molecule has 0 saturated carbocycles. The van der Waals surface area contributed by atoms with Gasteiger partial charge in [0, 0.05) is 33.0 Å². The van der Waals surface area contributed by atoms with Crippen molar-refractivity contribution in [1.82, 2.24) is 14.7 Å². The van der Waals surface area contributed by atoms with Crippen LogP contribution >= 0.6 is 0 Å². The van der Waals surface area contributed by atoms with Crippen molar-refractivity contribution < 1.29 is 19.1 Å². The second kappa shape index (κ2) is 7.28. The first-order valence-electron chi connectivity index (χ1n) is 7.58. The molecule has 0 unspecified atom stereocenters. The Morgan fingerprint density at radius 2 is 1.78 bits per heavy atom. The van der Waals surface area contributed by atoms with Crippen LogP contribution in [0.2, 0.25) is 0 Å². The lowest BCUT2D eigenvalue weighted by molar-refractivity contribution is -0.151. The van der Waals surface area contributed by atoms with E-state index in [2.05, 4.69) is 11.8 Å². The van der Waals surface area contributed by atoms with Crippen molar-refractivity contribution in [2.75, 3.05) is 41.0 Å². The molecule has 1 aliphatic rings. The number of nitrogens with zero attached hydrogens (tertiary/aromatic N) is 3. The van der Waals surface area contributed by atoms with Crippen molar-refractivity contribution in [1.29, 1.82) is 0 Å². The third-order valence-electron chi connectivity index (χ3n) is 4.38. The van der Waals surface area contributed by atoms with Crippen LogP contribution in [0.4, 0.5) is 4.39 Å². The molecule has 0 spiro atoms. The topological polar surface area (TPSA) is 64.1 Å². The van der Waals surface area contributed by atoms with Gasteiger partial charge in [0.1, 0.15) is 6.73 Å². The molecule has 7 heteroatoms. The number of rotatable bonds is 3. The van der Waals surface area contributed by atoms with Crippen molar-refractivity contribution in [3.05, 3.63) is 0 Å². The predicted molar refractivity (Wildman–Crippen MR) is 85.1 cm³/mol. The van der Waals surface area contributed by atoms with Crippen molar-refractivity contribution in [2.24, 2.45) is 0 Å². The number of amides is 2. The molecule has 0 radical (unpaired) electrons. The van der Waals surface area contributed by atoms with Crippen LogP contribution < -0.4 is 0 Å². The lowest BCUT2D eigenvalue weighted by Gasteiger charge is -2.36. The minimum absolute atomic E-state index is 0.0827. The van der Waals surface area contributed by atoms with E-state index in [1.54, 1.807) is 0 Å². The Bertz CT molecular complexity index is 514. The van der Waals surface area contributed by atoms with Gasteiger partial charge in [-0.3, -0.25) is 14.5 Å². The summed E-state index contributed by atoms with van der Waals surface area (Å²) in [6.07, 6.45) is -0.165. The first kappa shape index (κ1) is 19.4. The summed E-state index contributed by atoms with van der Waals surface area (Å²) < 4.78 is 14.6. The van der Waals surface area contributed by atoms with Crippen molar-refractivity contribution in [2.45, 2.75) is 37.9 Å².